The zero-order valence-corrected chi connectivity index (χ0v) is 14.9. The molecule has 24 heavy (non-hydrogen) atoms. The summed E-state index contributed by atoms with van der Waals surface area (Å²) in [6, 6.07) is 5.91. The van der Waals surface area contributed by atoms with E-state index in [9.17, 15) is 4.79 Å². The number of carbonyl (C=O) groups is 1. The maximum absolute atomic E-state index is 12.8. The molecule has 0 aromatic carbocycles. The molecule has 1 amide bonds. The van der Waals surface area contributed by atoms with Crippen LogP contribution < -0.4 is 4.90 Å². The van der Waals surface area contributed by atoms with E-state index in [4.69, 9.17) is 0 Å². The molecule has 3 rings (SSSR count). The summed E-state index contributed by atoms with van der Waals surface area (Å²) in [6.07, 6.45) is 3.51. The lowest BCUT2D eigenvalue weighted by Gasteiger charge is -2.35. The Kier molecular flexibility index (Phi) is 4.30. The molecular formula is C18H25N5O. The van der Waals surface area contributed by atoms with Crippen LogP contribution in [0, 0.1) is 6.92 Å². The summed E-state index contributed by atoms with van der Waals surface area (Å²) in [5, 5.41) is 4.41. The molecule has 0 bridgehead atoms. The highest BCUT2D eigenvalue weighted by Gasteiger charge is 2.27. The first-order chi connectivity index (χ1) is 11.4. The molecule has 6 nitrogen and oxygen atoms in total. The molecule has 0 atom stereocenters. The molecule has 0 spiro atoms. The standard InChI is InChI=1S/C18H25N5O/c1-14-15(13-20-23(14)18(2,3)4)17(24)22-11-9-21(10-12-22)16-7-5-6-8-19-16/h5-8,13H,9-12H2,1-4H3. The summed E-state index contributed by atoms with van der Waals surface area (Å²) < 4.78 is 1.92. The first-order valence-electron chi connectivity index (χ1n) is 8.38. The zero-order chi connectivity index (χ0) is 17.3. The molecule has 0 N–H and O–H groups in total. The topological polar surface area (TPSA) is 54.3 Å². The molecule has 128 valence electrons. The van der Waals surface area contributed by atoms with Gasteiger partial charge in [-0.2, -0.15) is 5.10 Å². The summed E-state index contributed by atoms with van der Waals surface area (Å²) in [6.45, 7) is 11.2. The Morgan fingerprint density at radius 2 is 1.83 bits per heavy atom. The summed E-state index contributed by atoms with van der Waals surface area (Å²) in [7, 11) is 0. The average molecular weight is 327 g/mol. The number of hydrogen-bond donors (Lipinski definition) is 0. The average Bonchev–Trinajstić information content (AvgIpc) is 2.97. The number of anilines is 1. The van der Waals surface area contributed by atoms with Crippen LogP contribution in [0.25, 0.3) is 0 Å². The van der Waals surface area contributed by atoms with Gasteiger partial charge in [-0.3, -0.25) is 9.48 Å². The third kappa shape index (κ3) is 3.13. The summed E-state index contributed by atoms with van der Waals surface area (Å²) in [5.74, 6) is 1.05. The maximum atomic E-state index is 12.8. The Morgan fingerprint density at radius 3 is 2.38 bits per heavy atom. The van der Waals surface area contributed by atoms with E-state index >= 15 is 0 Å². The van der Waals surface area contributed by atoms with E-state index in [0.29, 0.717) is 18.7 Å². The smallest absolute Gasteiger partial charge is 0.257 e. The van der Waals surface area contributed by atoms with E-state index in [0.717, 1.165) is 24.6 Å². The van der Waals surface area contributed by atoms with Gasteiger partial charge < -0.3 is 9.80 Å². The van der Waals surface area contributed by atoms with E-state index in [1.54, 1.807) is 12.4 Å². The molecule has 2 aromatic heterocycles. The van der Waals surface area contributed by atoms with E-state index in [1.807, 2.05) is 34.7 Å². The van der Waals surface area contributed by atoms with E-state index in [1.165, 1.54) is 0 Å². The lowest BCUT2D eigenvalue weighted by atomic mass is 10.1. The van der Waals surface area contributed by atoms with Gasteiger partial charge in [0, 0.05) is 38.1 Å². The molecule has 0 saturated carbocycles. The van der Waals surface area contributed by atoms with Crippen LogP contribution in [-0.2, 0) is 5.54 Å². The molecule has 2 aromatic rings. The minimum atomic E-state index is -0.125. The van der Waals surface area contributed by atoms with Crippen LogP contribution in [-0.4, -0.2) is 51.8 Å². The summed E-state index contributed by atoms with van der Waals surface area (Å²) in [4.78, 5) is 21.4. The van der Waals surface area contributed by atoms with Gasteiger partial charge in [0.05, 0.1) is 17.3 Å². The van der Waals surface area contributed by atoms with Crippen LogP contribution in [0.1, 0.15) is 36.8 Å². The fourth-order valence-electron chi connectivity index (χ4n) is 3.15. The van der Waals surface area contributed by atoms with Crippen molar-refractivity contribution >= 4 is 11.7 Å². The minimum Gasteiger partial charge on any atom is -0.353 e. The predicted octanol–water partition coefficient (Wildman–Crippen LogP) is 2.30. The normalized spacial score (nSPS) is 15.7. The van der Waals surface area contributed by atoms with Gasteiger partial charge >= 0.3 is 0 Å². The molecule has 3 heterocycles. The minimum absolute atomic E-state index is 0.0728. The monoisotopic (exact) mass is 327 g/mol. The van der Waals surface area contributed by atoms with Crippen molar-refractivity contribution in [2.24, 2.45) is 0 Å². The van der Waals surface area contributed by atoms with Gasteiger partial charge in [0.2, 0.25) is 0 Å². The van der Waals surface area contributed by atoms with Crippen molar-refractivity contribution in [1.82, 2.24) is 19.7 Å². The van der Waals surface area contributed by atoms with Crippen LogP contribution >= 0.6 is 0 Å². The van der Waals surface area contributed by atoms with Crippen LogP contribution in [0.2, 0.25) is 0 Å². The Balaban J connectivity index is 1.69. The fourth-order valence-corrected chi connectivity index (χ4v) is 3.15. The first kappa shape index (κ1) is 16.5. The van der Waals surface area contributed by atoms with Crippen molar-refractivity contribution in [1.29, 1.82) is 0 Å². The number of rotatable bonds is 2. The Bertz CT molecular complexity index is 709. The van der Waals surface area contributed by atoms with Gasteiger partial charge in [0.15, 0.2) is 0 Å². The largest absolute Gasteiger partial charge is 0.353 e. The van der Waals surface area contributed by atoms with Gasteiger partial charge in [-0.15, -0.1) is 0 Å². The van der Waals surface area contributed by atoms with E-state index in [2.05, 4.69) is 35.8 Å². The van der Waals surface area contributed by atoms with Gasteiger partial charge in [0.1, 0.15) is 5.82 Å². The van der Waals surface area contributed by atoms with Crippen molar-refractivity contribution in [3.05, 3.63) is 41.9 Å². The number of piperazine rings is 1. The number of hydrogen-bond acceptors (Lipinski definition) is 4. The lowest BCUT2D eigenvalue weighted by molar-refractivity contribution is 0.0745. The number of aromatic nitrogens is 3. The molecule has 1 aliphatic heterocycles. The Hall–Kier alpha value is -2.37. The zero-order valence-electron chi connectivity index (χ0n) is 14.9. The molecule has 0 radical (unpaired) electrons. The molecule has 1 fully saturated rings. The second-order valence-electron chi connectivity index (χ2n) is 7.19. The second kappa shape index (κ2) is 6.26. The SMILES string of the molecule is Cc1c(C(=O)N2CCN(c3ccccn3)CC2)cnn1C(C)(C)C. The van der Waals surface area contributed by atoms with Gasteiger partial charge in [-0.25, -0.2) is 4.98 Å². The number of amides is 1. The third-order valence-electron chi connectivity index (χ3n) is 4.42. The number of carbonyl (C=O) groups excluding carboxylic acids is 1. The Labute approximate surface area is 143 Å². The van der Waals surface area contributed by atoms with E-state index < -0.39 is 0 Å². The summed E-state index contributed by atoms with van der Waals surface area (Å²) in [5.41, 5.74) is 1.51. The van der Waals surface area contributed by atoms with E-state index in [-0.39, 0.29) is 11.4 Å². The van der Waals surface area contributed by atoms with Gasteiger partial charge in [-0.05, 0) is 39.8 Å². The Morgan fingerprint density at radius 1 is 1.12 bits per heavy atom. The highest BCUT2D eigenvalue weighted by molar-refractivity contribution is 5.95. The fraction of sp³-hybridized carbons (Fsp3) is 0.500. The predicted molar refractivity (Wildman–Crippen MR) is 94.3 cm³/mol. The maximum Gasteiger partial charge on any atom is 0.257 e. The highest BCUT2D eigenvalue weighted by atomic mass is 16.2. The second-order valence-corrected chi connectivity index (χ2v) is 7.19. The van der Waals surface area contributed by atoms with Crippen molar-refractivity contribution in [2.75, 3.05) is 31.1 Å². The van der Waals surface area contributed by atoms with Crippen molar-refractivity contribution in [3.8, 4) is 0 Å². The number of pyridine rings is 1. The summed E-state index contributed by atoms with van der Waals surface area (Å²) >= 11 is 0. The quantitative estimate of drug-likeness (QED) is 0.849. The molecule has 1 aliphatic rings. The van der Waals surface area contributed by atoms with Gasteiger partial charge in [0.25, 0.3) is 5.91 Å². The van der Waals surface area contributed by atoms with Crippen LogP contribution in [0.3, 0.4) is 0 Å². The van der Waals surface area contributed by atoms with Crippen molar-refractivity contribution < 1.29 is 4.79 Å². The molecule has 6 heteroatoms. The lowest BCUT2D eigenvalue weighted by Crippen LogP contribution is -2.49. The van der Waals surface area contributed by atoms with Crippen LogP contribution in [0.4, 0.5) is 5.82 Å². The first-order valence-corrected chi connectivity index (χ1v) is 8.38. The molecule has 1 saturated heterocycles. The molecular weight excluding hydrogens is 302 g/mol. The van der Waals surface area contributed by atoms with Crippen LogP contribution in [0.15, 0.2) is 30.6 Å². The molecule has 0 unspecified atom stereocenters. The number of nitrogens with zero attached hydrogens (tertiary/aromatic N) is 5. The highest BCUT2D eigenvalue weighted by Crippen LogP contribution is 2.20. The van der Waals surface area contributed by atoms with Crippen molar-refractivity contribution in [2.45, 2.75) is 33.2 Å². The van der Waals surface area contributed by atoms with Gasteiger partial charge in [-0.1, -0.05) is 6.07 Å². The molecule has 0 aliphatic carbocycles. The third-order valence-corrected chi connectivity index (χ3v) is 4.42. The van der Waals surface area contributed by atoms with Crippen LogP contribution in [0.5, 0.6) is 0 Å². The van der Waals surface area contributed by atoms with Crippen molar-refractivity contribution in [3.63, 3.8) is 0 Å².